The van der Waals surface area contributed by atoms with Gasteiger partial charge in [-0.2, -0.15) is 0 Å². The van der Waals surface area contributed by atoms with Gasteiger partial charge in [-0.25, -0.2) is 18.4 Å². The molecule has 1 rings (SSSR count). The minimum Gasteiger partial charge on any atom is -0.330 e. The number of aryl methyl sites for hydroxylation is 1. The molecular formula is C8H13N3O2S. The van der Waals surface area contributed by atoms with Crippen LogP contribution in [0.15, 0.2) is 11.2 Å². The van der Waals surface area contributed by atoms with Crippen LogP contribution in [0.2, 0.25) is 0 Å². The van der Waals surface area contributed by atoms with Crippen molar-refractivity contribution in [3.05, 3.63) is 17.6 Å². The average Bonchev–Trinajstić information content (AvgIpc) is 2.07. The maximum absolute atomic E-state index is 11.3. The third kappa shape index (κ3) is 2.49. The summed E-state index contributed by atoms with van der Waals surface area (Å²) in [5.74, 6) is 0.450. The number of aromatic nitrogens is 2. The van der Waals surface area contributed by atoms with Crippen molar-refractivity contribution in [2.24, 2.45) is 5.73 Å². The van der Waals surface area contributed by atoms with E-state index in [1.54, 1.807) is 6.92 Å². The van der Waals surface area contributed by atoms with Crippen LogP contribution in [0.1, 0.15) is 11.4 Å². The Hall–Kier alpha value is -1.01. The quantitative estimate of drug-likeness (QED) is 0.699. The van der Waals surface area contributed by atoms with Crippen LogP contribution < -0.4 is 5.73 Å². The first-order chi connectivity index (χ1) is 6.45. The van der Waals surface area contributed by atoms with Crippen LogP contribution in [-0.2, 0) is 16.3 Å². The normalized spacial score (nSPS) is 11.6. The molecule has 0 aliphatic rings. The van der Waals surface area contributed by atoms with Crippen molar-refractivity contribution >= 4 is 9.84 Å². The molecule has 0 aromatic carbocycles. The molecule has 0 aliphatic heterocycles. The molecule has 14 heavy (non-hydrogen) atoms. The van der Waals surface area contributed by atoms with E-state index in [0.717, 1.165) is 6.26 Å². The average molecular weight is 215 g/mol. The fraction of sp³-hybridized carbons (Fsp3) is 0.500. The van der Waals surface area contributed by atoms with E-state index in [1.807, 2.05) is 0 Å². The molecule has 1 aromatic heterocycles. The van der Waals surface area contributed by atoms with Gasteiger partial charge in [-0.1, -0.05) is 0 Å². The van der Waals surface area contributed by atoms with Crippen molar-refractivity contribution in [3.63, 3.8) is 0 Å². The van der Waals surface area contributed by atoms with Gasteiger partial charge in [0.05, 0.1) is 0 Å². The zero-order valence-corrected chi connectivity index (χ0v) is 9.00. The van der Waals surface area contributed by atoms with Gasteiger partial charge < -0.3 is 5.73 Å². The maximum Gasteiger partial charge on any atom is 0.193 e. The van der Waals surface area contributed by atoms with Crippen molar-refractivity contribution in [2.45, 2.75) is 18.4 Å². The lowest BCUT2D eigenvalue weighted by Crippen LogP contribution is -2.11. The molecule has 2 N–H and O–H groups in total. The Morgan fingerprint density at radius 3 is 2.64 bits per heavy atom. The molecule has 0 aliphatic carbocycles. The summed E-state index contributed by atoms with van der Waals surface area (Å²) in [5.41, 5.74) is 5.94. The SMILES string of the molecule is Cc1ncc(CCN)c(S(C)(=O)=O)n1. The molecule has 0 atom stereocenters. The molecule has 1 aromatic rings. The van der Waals surface area contributed by atoms with Gasteiger partial charge >= 0.3 is 0 Å². The van der Waals surface area contributed by atoms with Crippen molar-refractivity contribution in [1.82, 2.24) is 9.97 Å². The fourth-order valence-corrected chi connectivity index (χ4v) is 2.05. The van der Waals surface area contributed by atoms with Crippen molar-refractivity contribution in [2.75, 3.05) is 12.8 Å². The predicted molar refractivity (Wildman–Crippen MR) is 52.6 cm³/mol. The molecule has 5 nitrogen and oxygen atoms in total. The van der Waals surface area contributed by atoms with Gasteiger partial charge in [0.15, 0.2) is 14.9 Å². The van der Waals surface area contributed by atoms with E-state index in [9.17, 15) is 8.42 Å². The summed E-state index contributed by atoms with van der Waals surface area (Å²) in [6, 6.07) is 0. The van der Waals surface area contributed by atoms with Crippen LogP contribution in [0, 0.1) is 6.92 Å². The van der Waals surface area contributed by atoms with Crippen LogP contribution in [0.3, 0.4) is 0 Å². The lowest BCUT2D eigenvalue weighted by Gasteiger charge is -2.05. The van der Waals surface area contributed by atoms with E-state index in [4.69, 9.17) is 5.73 Å². The Labute approximate surface area is 83.3 Å². The first kappa shape index (κ1) is 11.1. The molecule has 0 bridgehead atoms. The summed E-state index contributed by atoms with van der Waals surface area (Å²) < 4.78 is 22.7. The second-order valence-corrected chi connectivity index (χ2v) is 4.99. The third-order valence-electron chi connectivity index (χ3n) is 1.71. The highest BCUT2D eigenvalue weighted by Crippen LogP contribution is 2.12. The second kappa shape index (κ2) is 4.02. The molecule has 0 amide bonds. The number of rotatable bonds is 3. The molecule has 0 saturated heterocycles. The van der Waals surface area contributed by atoms with Crippen molar-refractivity contribution in [1.29, 1.82) is 0 Å². The predicted octanol–water partition coefficient (Wildman–Crippen LogP) is -0.310. The number of hydrogen-bond donors (Lipinski definition) is 1. The largest absolute Gasteiger partial charge is 0.330 e. The zero-order valence-electron chi connectivity index (χ0n) is 8.19. The highest BCUT2D eigenvalue weighted by atomic mass is 32.2. The van der Waals surface area contributed by atoms with Crippen LogP contribution >= 0.6 is 0 Å². The van der Waals surface area contributed by atoms with E-state index in [2.05, 4.69) is 9.97 Å². The van der Waals surface area contributed by atoms with E-state index in [1.165, 1.54) is 6.20 Å². The van der Waals surface area contributed by atoms with E-state index in [-0.39, 0.29) is 5.03 Å². The maximum atomic E-state index is 11.3. The monoisotopic (exact) mass is 215 g/mol. The van der Waals surface area contributed by atoms with Gasteiger partial charge in [-0.3, -0.25) is 0 Å². The summed E-state index contributed by atoms with van der Waals surface area (Å²) in [4.78, 5) is 7.85. The first-order valence-electron chi connectivity index (χ1n) is 4.18. The lowest BCUT2D eigenvalue weighted by atomic mass is 10.2. The van der Waals surface area contributed by atoms with E-state index >= 15 is 0 Å². The summed E-state index contributed by atoms with van der Waals surface area (Å²) in [5, 5.41) is 0.0930. The fourth-order valence-electron chi connectivity index (χ4n) is 1.12. The lowest BCUT2D eigenvalue weighted by molar-refractivity contribution is 0.595. The molecule has 0 fully saturated rings. The standard InChI is InChI=1S/C8H13N3O2S/c1-6-10-5-7(3-4-9)8(11-6)14(2,12)13/h5H,3-4,9H2,1-2H3. The molecule has 0 saturated carbocycles. The number of hydrogen-bond acceptors (Lipinski definition) is 5. The third-order valence-corrected chi connectivity index (χ3v) is 2.77. The smallest absolute Gasteiger partial charge is 0.193 e. The Balaban J connectivity index is 3.30. The number of nitrogens with two attached hydrogens (primary N) is 1. The Bertz CT molecular complexity index is 428. The van der Waals surface area contributed by atoms with E-state index in [0.29, 0.717) is 24.4 Å². The Morgan fingerprint density at radius 1 is 1.50 bits per heavy atom. The second-order valence-electron chi connectivity index (χ2n) is 3.06. The summed E-state index contributed by atoms with van der Waals surface area (Å²) in [6.07, 6.45) is 3.13. The van der Waals surface area contributed by atoms with Crippen LogP contribution in [0.4, 0.5) is 0 Å². The van der Waals surface area contributed by atoms with E-state index < -0.39 is 9.84 Å². The van der Waals surface area contributed by atoms with Crippen LogP contribution in [0.5, 0.6) is 0 Å². The van der Waals surface area contributed by atoms with Gasteiger partial charge in [-0.15, -0.1) is 0 Å². The molecule has 1 heterocycles. The minimum atomic E-state index is -3.28. The molecular weight excluding hydrogens is 202 g/mol. The summed E-state index contributed by atoms with van der Waals surface area (Å²) in [6.45, 7) is 2.04. The molecule has 0 spiro atoms. The van der Waals surface area contributed by atoms with Crippen molar-refractivity contribution in [3.8, 4) is 0 Å². The number of sulfone groups is 1. The molecule has 0 unspecified atom stereocenters. The van der Waals surface area contributed by atoms with Crippen LogP contribution in [0.25, 0.3) is 0 Å². The first-order valence-corrected chi connectivity index (χ1v) is 6.07. The zero-order chi connectivity index (χ0) is 10.8. The topological polar surface area (TPSA) is 85.9 Å². The van der Waals surface area contributed by atoms with Gasteiger partial charge in [0.2, 0.25) is 0 Å². The Morgan fingerprint density at radius 2 is 2.14 bits per heavy atom. The molecule has 78 valence electrons. The minimum absolute atomic E-state index is 0.0930. The van der Waals surface area contributed by atoms with Gasteiger partial charge in [0, 0.05) is 18.0 Å². The van der Waals surface area contributed by atoms with Gasteiger partial charge in [0.1, 0.15) is 5.82 Å². The molecule has 0 radical (unpaired) electrons. The highest BCUT2D eigenvalue weighted by Gasteiger charge is 2.15. The van der Waals surface area contributed by atoms with Crippen molar-refractivity contribution < 1.29 is 8.42 Å². The summed E-state index contributed by atoms with van der Waals surface area (Å²) in [7, 11) is -3.28. The Kier molecular flexibility index (Phi) is 3.17. The van der Waals surface area contributed by atoms with Gasteiger partial charge in [0.25, 0.3) is 0 Å². The van der Waals surface area contributed by atoms with Crippen LogP contribution in [-0.4, -0.2) is 31.2 Å². The highest BCUT2D eigenvalue weighted by molar-refractivity contribution is 7.90. The molecule has 6 heteroatoms. The van der Waals surface area contributed by atoms with Gasteiger partial charge in [-0.05, 0) is 19.9 Å². The summed E-state index contributed by atoms with van der Waals surface area (Å²) >= 11 is 0. The number of nitrogens with zero attached hydrogens (tertiary/aromatic N) is 2.